The van der Waals surface area contributed by atoms with E-state index in [2.05, 4.69) is 128 Å². The van der Waals surface area contributed by atoms with E-state index in [1.54, 1.807) is 0 Å². The van der Waals surface area contributed by atoms with Crippen LogP contribution in [0, 0.1) is 12.3 Å². The Hall–Kier alpha value is -2.87. The van der Waals surface area contributed by atoms with Gasteiger partial charge in [-0.2, -0.15) is 0 Å². The Bertz CT molecular complexity index is 1060. The monoisotopic (exact) mass is 409 g/mol. The Morgan fingerprint density at radius 3 is 1.94 bits per heavy atom. The topological polar surface area (TPSA) is 6.25 Å². The van der Waals surface area contributed by atoms with Crippen LogP contribution in [0.25, 0.3) is 0 Å². The second-order valence-electron chi connectivity index (χ2n) is 9.99. The summed E-state index contributed by atoms with van der Waals surface area (Å²) in [5, 5.41) is 0. The molecule has 1 heterocycles. The van der Waals surface area contributed by atoms with Crippen molar-refractivity contribution in [1.82, 2.24) is 0 Å². The first kappa shape index (κ1) is 20.1. The third kappa shape index (κ3) is 3.04. The predicted octanol–water partition coefficient (Wildman–Crippen LogP) is 6.59. The highest BCUT2D eigenvalue weighted by molar-refractivity contribution is 5.80. The third-order valence-corrected chi connectivity index (χ3v) is 8.18. The van der Waals surface area contributed by atoms with Gasteiger partial charge in [0.1, 0.15) is 23.3 Å². The van der Waals surface area contributed by atoms with Crippen LogP contribution in [0.15, 0.2) is 84.9 Å². The molecule has 1 fully saturated rings. The molecule has 1 aliphatic carbocycles. The number of hydrogen-bond acceptors (Lipinski definition) is 1. The number of hydrogen-bond donors (Lipinski definition) is 0. The van der Waals surface area contributed by atoms with Crippen molar-refractivity contribution >= 4 is 12.0 Å². The van der Waals surface area contributed by atoms with E-state index >= 15 is 0 Å². The van der Waals surface area contributed by atoms with Gasteiger partial charge in [0.25, 0.3) is 0 Å². The zero-order chi connectivity index (χ0) is 21.6. The molecule has 5 rings (SSSR count). The SMILES string of the molecule is Cc1ccccc1N1C=[N+](C(c2ccccc2)c2ccccc2)C2(C)CCC1C2(C)C. The average Bonchev–Trinajstić information content (AvgIpc) is 2.92. The van der Waals surface area contributed by atoms with Crippen molar-refractivity contribution < 1.29 is 4.58 Å². The minimum absolute atomic E-state index is 0.0766. The summed E-state index contributed by atoms with van der Waals surface area (Å²) < 4.78 is 2.67. The second kappa shape index (κ2) is 7.37. The number of aryl methyl sites for hydroxylation is 1. The molecular weight excluding hydrogens is 376 g/mol. The Morgan fingerprint density at radius 1 is 0.806 bits per heavy atom. The second-order valence-corrected chi connectivity index (χ2v) is 9.99. The summed E-state index contributed by atoms with van der Waals surface area (Å²) >= 11 is 0. The van der Waals surface area contributed by atoms with Crippen LogP contribution in [0.4, 0.5) is 5.69 Å². The lowest BCUT2D eigenvalue weighted by Gasteiger charge is -2.48. The number of anilines is 1. The summed E-state index contributed by atoms with van der Waals surface area (Å²) in [5.74, 6) is 0. The van der Waals surface area contributed by atoms with Crippen molar-refractivity contribution in [3.05, 3.63) is 102 Å². The van der Waals surface area contributed by atoms with E-state index < -0.39 is 0 Å². The van der Waals surface area contributed by atoms with E-state index in [0.717, 1.165) is 0 Å². The van der Waals surface area contributed by atoms with Gasteiger partial charge in [-0.3, -0.25) is 4.58 Å². The molecule has 2 atom stereocenters. The zero-order valence-electron chi connectivity index (χ0n) is 19.1. The molecular formula is C29H33N2+. The smallest absolute Gasteiger partial charge is 0.240 e. The van der Waals surface area contributed by atoms with Crippen LogP contribution >= 0.6 is 0 Å². The van der Waals surface area contributed by atoms with Crippen LogP contribution < -0.4 is 4.90 Å². The fourth-order valence-electron chi connectivity index (χ4n) is 5.97. The van der Waals surface area contributed by atoms with E-state index in [0.29, 0.717) is 6.04 Å². The Morgan fingerprint density at radius 2 is 1.35 bits per heavy atom. The van der Waals surface area contributed by atoms with E-state index in [4.69, 9.17) is 0 Å². The molecule has 3 aromatic rings. The standard InChI is InChI=1S/C29H33N2/c1-22-13-11-12-18-25(22)30-21-31(29(4)20-19-26(30)28(29,2)3)27(23-14-7-5-8-15-23)24-16-9-6-10-17-24/h5-18,21,26-27H,19-20H2,1-4H3/q+1. The van der Waals surface area contributed by atoms with Crippen LogP contribution in [0.5, 0.6) is 0 Å². The van der Waals surface area contributed by atoms with Gasteiger partial charge in [0.15, 0.2) is 0 Å². The molecule has 0 saturated heterocycles. The molecule has 1 aliphatic heterocycles. The normalized spacial score (nSPS) is 24.4. The van der Waals surface area contributed by atoms with Crippen LogP contribution in [0.1, 0.15) is 56.3 Å². The van der Waals surface area contributed by atoms with Gasteiger partial charge < -0.3 is 0 Å². The predicted molar refractivity (Wildman–Crippen MR) is 130 cm³/mol. The molecule has 2 aliphatic rings. The Balaban J connectivity index is 1.75. The minimum Gasteiger partial charge on any atom is -0.251 e. The number of benzene rings is 3. The van der Waals surface area contributed by atoms with Gasteiger partial charge in [0.2, 0.25) is 6.34 Å². The van der Waals surface area contributed by atoms with E-state index in [9.17, 15) is 0 Å². The van der Waals surface area contributed by atoms with Gasteiger partial charge >= 0.3 is 0 Å². The molecule has 2 heteroatoms. The molecule has 31 heavy (non-hydrogen) atoms. The van der Waals surface area contributed by atoms with Crippen LogP contribution in [0.2, 0.25) is 0 Å². The number of para-hydroxylation sites is 1. The molecule has 0 amide bonds. The molecule has 2 bridgehead atoms. The van der Waals surface area contributed by atoms with Gasteiger partial charge in [-0.05, 0) is 38.3 Å². The van der Waals surface area contributed by atoms with E-state index in [-0.39, 0.29) is 17.0 Å². The average molecular weight is 410 g/mol. The molecule has 2 nitrogen and oxygen atoms in total. The molecule has 0 aromatic heterocycles. The number of rotatable bonds is 4. The van der Waals surface area contributed by atoms with Crippen molar-refractivity contribution in [3.63, 3.8) is 0 Å². The van der Waals surface area contributed by atoms with Crippen molar-refractivity contribution in [3.8, 4) is 0 Å². The maximum absolute atomic E-state index is 2.67. The van der Waals surface area contributed by atoms with Crippen molar-refractivity contribution in [1.29, 1.82) is 0 Å². The fourth-order valence-corrected chi connectivity index (χ4v) is 5.97. The first-order chi connectivity index (χ1) is 14.9. The lowest BCUT2D eigenvalue weighted by atomic mass is 9.71. The molecule has 0 radical (unpaired) electrons. The van der Waals surface area contributed by atoms with Crippen LogP contribution in [-0.4, -0.2) is 22.5 Å². The molecule has 158 valence electrons. The summed E-state index contributed by atoms with van der Waals surface area (Å²) in [6.45, 7) is 9.67. The summed E-state index contributed by atoms with van der Waals surface area (Å²) in [7, 11) is 0. The van der Waals surface area contributed by atoms with Crippen LogP contribution in [0.3, 0.4) is 0 Å². The van der Waals surface area contributed by atoms with Gasteiger partial charge in [-0.25, -0.2) is 4.90 Å². The van der Waals surface area contributed by atoms with E-state index in [1.807, 2.05) is 0 Å². The highest BCUT2D eigenvalue weighted by Gasteiger charge is 2.64. The number of fused-ring (bicyclic) bond motifs is 2. The maximum atomic E-state index is 2.67. The van der Waals surface area contributed by atoms with Crippen molar-refractivity contribution in [2.75, 3.05) is 4.90 Å². The van der Waals surface area contributed by atoms with Crippen LogP contribution in [-0.2, 0) is 0 Å². The Labute approximate surface area is 186 Å². The fraction of sp³-hybridized carbons (Fsp3) is 0.345. The largest absolute Gasteiger partial charge is 0.251 e. The number of nitrogens with zero attached hydrogens (tertiary/aromatic N) is 2. The van der Waals surface area contributed by atoms with E-state index in [1.165, 1.54) is 35.2 Å². The molecule has 1 saturated carbocycles. The molecule has 0 N–H and O–H groups in total. The quantitative estimate of drug-likeness (QED) is 0.440. The first-order valence-electron chi connectivity index (χ1n) is 11.5. The highest BCUT2D eigenvalue weighted by Crippen LogP contribution is 2.55. The molecule has 0 spiro atoms. The lowest BCUT2D eigenvalue weighted by Crippen LogP contribution is -2.62. The van der Waals surface area contributed by atoms with Gasteiger partial charge in [0, 0.05) is 16.5 Å². The molecule has 2 unspecified atom stereocenters. The maximum Gasteiger partial charge on any atom is 0.240 e. The van der Waals surface area contributed by atoms with Crippen molar-refractivity contribution in [2.45, 2.75) is 58.2 Å². The molecule has 3 aromatic carbocycles. The highest BCUT2D eigenvalue weighted by atomic mass is 15.3. The third-order valence-electron chi connectivity index (χ3n) is 8.18. The summed E-state index contributed by atoms with van der Waals surface area (Å²) in [6.07, 6.45) is 4.84. The zero-order valence-corrected chi connectivity index (χ0v) is 19.1. The lowest BCUT2D eigenvalue weighted by molar-refractivity contribution is -0.649. The summed E-state index contributed by atoms with van der Waals surface area (Å²) in [6, 6.07) is 31.5. The summed E-state index contributed by atoms with van der Waals surface area (Å²) in [5.41, 5.74) is 5.57. The Kier molecular flexibility index (Phi) is 4.77. The first-order valence-corrected chi connectivity index (χ1v) is 11.5. The van der Waals surface area contributed by atoms with Gasteiger partial charge in [-0.1, -0.05) is 92.7 Å². The summed E-state index contributed by atoms with van der Waals surface area (Å²) in [4.78, 5) is 2.57. The van der Waals surface area contributed by atoms with Gasteiger partial charge in [-0.15, -0.1) is 0 Å². The minimum atomic E-state index is 0.0766. The van der Waals surface area contributed by atoms with Gasteiger partial charge in [0.05, 0.1) is 0 Å². The van der Waals surface area contributed by atoms with Crippen molar-refractivity contribution in [2.24, 2.45) is 5.41 Å².